The fourth-order valence-electron chi connectivity index (χ4n) is 1.43. The molecular formula is C9H12N4O. The summed E-state index contributed by atoms with van der Waals surface area (Å²) in [7, 11) is 1.86. The lowest BCUT2D eigenvalue weighted by Gasteiger charge is -2.00. The molecule has 2 rings (SSSR count). The van der Waals surface area contributed by atoms with Crippen molar-refractivity contribution in [2.45, 2.75) is 6.54 Å². The lowest BCUT2D eigenvalue weighted by atomic mass is 10.4. The molecule has 2 N–H and O–H groups in total. The monoisotopic (exact) mass is 192 g/mol. The number of H-pyrrole nitrogens is 1. The van der Waals surface area contributed by atoms with Gasteiger partial charge in [-0.1, -0.05) is 0 Å². The van der Waals surface area contributed by atoms with Gasteiger partial charge < -0.3 is 5.32 Å². The Morgan fingerprint density at radius 1 is 1.64 bits per heavy atom. The molecule has 0 aliphatic carbocycles. The lowest BCUT2D eigenvalue weighted by molar-refractivity contribution is 0.642. The van der Waals surface area contributed by atoms with E-state index >= 15 is 0 Å². The summed E-state index contributed by atoms with van der Waals surface area (Å²) < 4.78 is 1.68. The highest BCUT2D eigenvalue weighted by Gasteiger charge is 2.04. The summed E-state index contributed by atoms with van der Waals surface area (Å²) in [6.45, 7) is 1.42. The molecule has 0 bridgehead atoms. The molecule has 0 fully saturated rings. The molecule has 0 radical (unpaired) electrons. The van der Waals surface area contributed by atoms with Crippen LogP contribution >= 0.6 is 0 Å². The highest BCUT2D eigenvalue weighted by atomic mass is 16.1. The molecule has 0 aromatic carbocycles. The fourth-order valence-corrected chi connectivity index (χ4v) is 1.43. The van der Waals surface area contributed by atoms with E-state index in [1.54, 1.807) is 10.8 Å². The zero-order valence-electron chi connectivity index (χ0n) is 7.95. The van der Waals surface area contributed by atoms with Gasteiger partial charge in [0.2, 0.25) is 0 Å². The van der Waals surface area contributed by atoms with Gasteiger partial charge in [0.1, 0.15) is 0 Å². The maximum absolute atomic E-state index is 11.5. The number of nitrogens with zero attached hydrogens (tertiary/aromatic N) is 2. The van der Waals surface area contributed by atoms with Crippen LogP contribution < -0.4 is 11.0 Å². The third-order valence-electron chi connectivity index (χ3n) is 2.13. The molecule has 74 valence electrons. The molecule has 0 aliphatic rings. The topological polar surface area (TPSA) is 62.7 Å². The molecule has 0 atom stereocenters. The van der Waals surface area contributed by atoms with Crippen LogP contribution in [-0.2, 0) is 6.54 Å². The molecule has 2 aromatic heterocycles. The Morgan fingerprint density at radius 2 is 2.50 bits per heavy atom. The van der Waals surface area contributed by atoms with Crippen LogP contribution in [0, 0.1) is 0 Å². The second-order valence-electron chi connectivity index (χ2n) is 3.06. The van der Waals surface area contributed by atoms with Gasteiger partial charge >= 0.3 is 5.69 Å². The van der Waals surface area contributed by atoms with E-state index in [1.165, 1.54) is 0 Å². The molecule has 5 nitrogen and oxygen atoms in total. The molecule has 0 unspecified atom stereocenters. The highest BCUT2D eigenvalue weighted by Crippen LogP contribution is 2.04. The molecule has 0 saturated heterocycles. The van der Waals surface area contributed by atoms with Gasteiger partial charge in [0.15, 0.2) is 5.65 Å². The summed E-state index contributed by atoms with van der Waals surface area (Å²) >= 11 is 0. The first-order valence-electron chi connectivity index (χ1n) is 4.51. The van der Waals surface area contributed by atoms with Gasteiger partial charge in [-0.05, 0) is 19.2 Å². The number of likely N-dealkylation sites (N-methyl/N-ethyl adjacent to an activating group) is 1. The molecule has 0 spiro atoms. The maximum atomic E-state index is 11.5. The van der Waals surface area contributed by atoms with Crippen molar-refractivity contribution in [3.63, 3.8) is 0 Å². The Bertz CT molecular complexity index is 485. The smallest absolute Gasteiger partial charge is 0.318 e. The highest BCUT2D eigenvalue weighted by molar-refractivity contribution is 5.70. The Labute approximate surface area is 80.8 Å². The van der Waals surface area contributed by atoms with Crippen LogP contribution in [0.25, 0.3) is 11.2 Å². The molecule has 0 aliphatic heterocycles. The predicted octanol–water partition coefficient (Wildman–Crippen LogP) is -0.0560. The van der Waals surface area contributed by atoms with E-state index in [2.05, 4.69) is 15.3 Å². The van der Waals surface area contributed by atoms with E-state index in [9.17, 15) is 4.79 Å². The number of pyridine rings is 1. The number of hydrogen-bond acceptors (Lipinski definition) is 3. The number of fused-ring (bicyclic) bond motifs is 1. The molecule has 0 saturated carbocycles. The summed E-state index contributed by atoms with van der Waals surface area (Å²) in [6, 6.07) is 3.71. The van der Waals surface area contributed by atoms with E-state index in [4.69, 9.17) is 0 Å². The third kappa shape index (κ3) is 1.42. The predicted molar refractivity (Wildman–Crippen MR) is 54.3 cm³/mol. The molecular weight excluding hydrogens is 180 g/mol. The second-order valence-corrected chi connectivity index (χ2v) is 3.06. The lowest BCUT2D eigenvalue weighted by Crippen LogP contribution is -2.23. The van der Waals surface area contributed by atoms with Crippen molar-refractivity contribution >= 4 is 11.2 Å². The average molecular weight is 192 g/mol. The zero-order valence-corrected chi connectivity index (χ0v) is 7.95. The largest absolute Gasteiger partial charge is 0.327 e. The first-order valence-corrected chi connectivity index (χ1v) is 4.51. The van der Waals surface area contributed by atoms with E-state index in [-0.39, 0.29) is 5.69 Å². The SMILES string of the molecule is CNCCn1c(=O)[nH]c2ncccc21. The van der Waals surface area contributed by atoms with E-state index in [1.807, 2.05) is 19.2 Å². The van der Waals surface area contributed by atoms with Crippen molar-refractivity contribution in [2.75, 3.05) is 13.6 Å². The Hall–Kier alpha value is -1.62. The number of aromatic nitrogens is 3. The number of rotatable bonds is 3. The van der Waals surface area contributed by atoms with E-state index in [0.717, 1.165) is 12.1 Å². The van der Waals surface area contributed by atoms with Gasteiger partial charge in [-0.25, -0.2) is 9.78 Å². The summed E-state index contributed by atoms with van der Waals surface area (Å²) in [5, 5.41) is 3.00. The minimum absolute atomic E-state index is 0.103. The third-order valence-corrected chi connectivity index (χ3v) is 2.13. The normalized spacial score (nSPS) is 10.9. The van der Waals surface area contributed by atoms with Crippen molar-refractivity contribution < 1.29 is 0 Å². The summed E-state index contributed by atoms with van der Waals surface area (Å²) in [5.41, 5.74) is 1.40. The van der Waals surface area contributed by atoms with Crippen LogP contribution in [0.3, 0.4) is 0 Å². The van der Waals surface area contributed by atoms with Crippen molar-refractivity contribution in [1.82, 2.24) is 19.9 Å². The van der Waals surface area contributed by atoms with Gasteiger partial charge in [0, 0.05) is 19.3 Å². The molecule has 5 heteroatoms. The minimum Gasteiger partial charge on any atom is -0.318 e. The minimum atomic E-state index is -0.103. The van der Waals surface area contributed by atoms with Crippen LogP contribution in [-0.4, -0.2) is 28.1 Å². The van der Waals surface area contributed by atoms with Crippen molar-refractivity contribution in [3.05, 3.63) is 28.8 Å². The number of aromatic amines is 1. The van der Waals surface area contributed by atoms with E-state index < -0.39 is 0 Å². The summed E-state index contributed by atoms with van der Waals surface area (Å²) in [5.74, 6) is 0. The standard InChI is InChI=1S/C9H12N4O/c1-10-5-6-13-7-3-2-4-11-8(7)12-9(13)14/h2-4,10H,5-6H2,1H3,(H,11,12,14). The summed E-state index contributed by atoms with van der Waals surface area (Å²) in [6.07, 6.45) is 1.67. The van der Waals surface area contributed by atoms with Gasteiger partial charge in [-0.3, -0.25) is 9.55 Å². The van der Waals surface area contributed by atoms with Crippen molar-refractivity contribution in [2.24, 2.45) is 0 Å². The van der Waals surface area contributed by atoms with Gasteiger partial charge in [-0.2, -0.15) is 0 Å². The molecule has 2 aromatic rings. The zero-order chi connectivity index (χ0) is 9.97. The fraction of sp³-hybridized carbons (Fsp3) is 0.333. The van der Waals surface area contributed by atoms with Gasteiger partial charge in [0.05, 0.1) is 5.52 Å². The Kier molecular flexibility index (Phi) is 2.32. The average Bonchev–Trinajstić information content (AvgIpc) is 2.51. The molecule has 2 heterocycles. The Balaban J connectivity index is 2.51. The number of hydrogen-bond donors (Lipinski definition) is 2. The number of imidazole rings is 1. The van der Waals surface area contributed by atoms with Gasteiger partial charge in [-0.15, -0.1) is 0 Å². The van der Waals surface area contributed by atoms with Crippen LogP contribution in [0.1, 0.15) is 0 Å². The first kappa shape index (κ1) is 8.96. The Morgan fingerprint density at radius 3 is 3.29 bits per heavy atom. The molecule has 0 amide bonds. The number of nitrogens with one attached hydrogen (secondary N) is 2. The maximum Gasteiger partial charge on any atom is 0.327 e. The van der Waals surface area contributed by atoms with Crippen LogP contribution in [0.5, 0.6) is 0 Å². The van der Waals surface area contributed by atoms with Crippen LogP contribution in [0.15, 0.2) is 23.1 Å². The van der Waals surface area contributed by atoms with E-state index in [0.29, 0.717) is 12.2 Å². The van der Waals surface area contributed by atoms with Crippen LogP contribution in [0.4, 0.5) is 0 Å². The van der Waals surface area contributed by atoms with Crippen LogP contribution in [0.2, 0.25) is 0 Å². The quantitative estimate of drug-likeness (QED) is 0.716. The second kappa shape index (κ2) is 3.63. The van der Waals surface area contributed by atoms with Crippen molar-refractivity contribution in [3.8, 4) is 0 Å². The van der Waals surface area contributed by atoms with Gasteiger partial charge in [0.25, 0.3) is 0 Å². The summed E-state index contributed by atoms with van der Waals surface area (Å²) in [4.78, 5) is 18.3. The molecule has 14 heavy (non-hydrogen) atoms. The van der Waals surface area contributed by atoms with Crippen molar-refractivity contribution in [1.29, 1.82) is 0 Å². The first-order chi connectivity index (χ1) is 6.83.